The van der Waals surface area contributed by atoms with Crippen LogP contribution in [0.1, 0.15) is 47.0 Å². The highest BCUT2D eigenvalue weighted by Crippen LogP contribution is 2.23. The van der Waals surface area contributed by atoms with Gasteiger partial charge in [-0.05, 0) is 25.2 Å². The van der Waals surface area contributed by atoms with Crippen LogP contribution in [0.5, 0.6) is 0 Å². The second-order valence-corrected chi connectivity index (χ2v) is 12.5. The Hall–Kier alpha value is -4.15. The molecule has 41 heavy (non-hydrogen) atoms. The van der Waals surface area contributed by atoms with Crippen LogP contribution in [0.2, 0.25) is 0 Å². The van der Waals surface area contributed by atoms with E-state index in [0.717, 1.165) is 6.26 Å². The molecule has 17 heteroatoms. The number of aliphatic carboxylic acids is 1. The van der Waals surface area contributed by atoms with E-state index in [1.54, 1.807) is 33.9 Å². The zero-order valence-electron chi connectivity index (χ0n) is 23.6. The van der Waals surface area contributed by atoms with Gasteiger partial charge < -0.3 is 26.8 Å². The van der Waals surface area contributed by atoms with Crippen molar-refractivity contribution in [1.29, 1.82) is 0 Å². The van der Waals surface area contributed by atoms with Gasteiger partial charge in [0.15, 0.2) is 0 Å². The highest BCUT2D eigenvalue weighted by molar-refractivity contribution is 7.90. The Kier molecular flexibility index (Phi) is 11.3. The fraction of sp³-hybridized carbons (Fsp3) is 0.583. The van der Waals surface area contributed by atoms with Crippen LogP contribution in [0.25, 0.3) is 11.3 Å². The molecule has 2 aromatic heterocycles. The quantitative estimate of drug-likeness (QED) is 0.132. The molecule has 2 heterocycles. The van der Waals surface area contributed by atoms with Gasteiger partial charge in [0.25, 0.3) is 0 Å². The standard InChI is InChI=1S/C24H37N9O7S/c1-14(2)18(19(34)29-16(20(35)36)7-6-9-26-22(25)38)30-21(37)24(3,4)8-10-33-13-17(31-32-33)15-11-27-23(28-12-15)41(5,39)40/h11-14,16,18H,6-10H2,1-5H3,(H,29,34)(H,30,37)(H,35,36)(H3,25,26,38)/t16-,18-/m0/s1. The zero-order chi connectivity index (χ0) is 31.0. The number of sulfone groups is 1. The Morgan fingerprint density at radius 2 is 1.76 bits per heavy atom. The van der Waals surface area contributed by atoms with Gasteiger partial charge in [0.05, 0.1) is 6.20 Å². The number of rotatable bonds is 15. The summed E-state index contributed by atoms with van der Waals surface area (Å²) in [4.78, 5) is 56.2. The van der Waals surface area contributed by atoms with Gasteiger partial charge in [-0.3, -0.25) is 14.3 Å². The first-order valence-corrected chi connectivity index (χ1v) is 14.7. The summed E-state index contributed by atoms with van der Waals surface area (Å²) < 4.78 is 24.6. The average Bonchev–Trinajstić information content (AvgIpc) is 3.36. The Balaban J connectivity index is 1.99. The summed E-state index contributed by atoms with van der Waals surface area (Å²) in [5.41, 5.74) is 4.94. The minimum Gasteiger partial charge on any atom is -0.480 e. The molecule has 226 valence electrons. The Bertz CT molecular complexity index is 1340. The molecule has 16 nitrogen and oxygen atoms in total. The normalized spacial score (nSPS) is 13.3. The van der Waals surface area contributed by atoms with Crippen molar-refractivity contribution in [2.24, 2.45) is 17.1 Å². The topological polar surface area (TPSA) is 241 Å². The summed E-state index contributed by atoms with van der Waals surface area (Å²) in [5, 5.41) is 24.9. The third-order valence-electron chi connectivity index (χ3n) is 6.19. The molecule has 0 bridgehead atoms. The number of carboxylic acid groups (broad SMARTS) is 1. The predicted molar refractivity (Wildman–Crippen MR) is 146 cm³/mol. The second kappa shape index (κ2) is 14.0. The van der Waals surface area contributed by atoms with Crippen molar-refractivity contribution in [3.8, 4) is 11.3 Å². The van der Waals surface area contributed by atoms with E-state index >= 15 is 0 Å². The van der Waals surface area contributed by atoms with E-state index in [1.165, 1.54) is 17.1 Å². The van der Waals surface area contributed by atoms with E-state index in [2.05, 4.69) is 36.2 Å². The molecule has 0 aromatic carbocycles. The summed E-state index contributed by atoms with van der Waals surface area (Å²) in [5.74, 6) is -2.62. The van der Waals surface area contributed by atoms with Gasteiger partial charge in [0.1, 0.15) is 17.8 Å². The predicted octanol–water partition coefficient (Wildman–Crippen LogP) is -0.286. The number of carbonyl (C=O) groups is 4. The first-order valence-electron chi connectivity index (χ1n) is 12.8. The highest BCUT2D eigenvalue weighted by atomic mass is 32.2. The number of urea groups is 1. The summed E-state index contributed by atoms with van der Waals surface area (Å²) >= 11 is 0. The number of hydrogen-bond donors (Lipinski definition) is 5. The third-order valence-corrected chi connectivity index (χ3v) is 7.07. The Morgan fingerprint density at radius 3 is 2.29 bits per heavy atom. The minimum absolute atomic E-state index is 0.0550. The van der Waals surface area contributed by atoms with Gasteiger partial charge in [-0.2, -0.15) is 0 Å². The number of carboxylic acids is 1. The molecule has 0 radical (unpaired) electrons. The van der Waals surface area contributed by atoms with Crippen molar-refractivity contribution in [1.82, 2.24) is 40.9 Å². The van der Waals surface area contributed by atoms with Gasteiger partial charge in [0, 0.05) is 42.7 Å². The van der Waals surface area contributed by atoms with Gasteiger partial charge in [-0.25, -0.2) is 28.0 Å². The molecule has 4 amide bonds. The van der Waals surface area contributed by atoms with Crippen molar-refractivity contribution in [2.75, 3.05) is 12.8 Å². The summed E-state index contributed by atoms with van der Waals surface area (Å²) in [6.45, 7) is 7.33. The van der Waals surface area contributed by atoms with E-state index in [9.17, 15) is 32.7 Å². The third kappa shape index (κ3) is 10.1. The van der Waals surface area contributed by atoms with Gasteiger partial charge in [0.2, 0.25) is 26.8 Å². The second-order valence-electron chi connectivity index (χ2n) is 10.6. The van der Waals surface area contributed by atoms with Crippen molar-refractivity contribution >= 4 is 33.7 Å². The van der Waals surface area contributed by atoms with Crippen molar-refractivity contribution in [3.05, 3.63) is 18.6 Å². The fourth-order valence-electron chi connectivity index (χ4n) is 3.60. The molecule has 0 aliphatic rings. The number of nitrogens with one attached hydrogen (secondary N) is 3. The minimum atomic E-state index is -3.54. The number of primary amides is 1. The van der Waals surface area contributed by atoms with Crippen LogP contribution < -0.4 is 21.7 Å². The molecule has 2 rings (SSSR count). The smallest absolute Gasteiger partial charge is 0.326 e. The number of hydrogen-bond acceptors (Lipinski definition) is 10. The SMILES string of the molecule is CC(C)[C@H](NC(=O)C(C)(C)CCn1cc(-c2cnc(S(C)(=O)=O)nc2)nn1)C(=O)N[C@@H](CCCNC(N)=O)C(=O)O. The molecule has 2 aromatic rings. The van der Waals surface area contributed by atoms with Crippen LogP contribution in [-0.2, 0) is 30.8 Å². The largest absolute Gasteiger partial charge is 0.480 e. The van der Waals surface area contributed by atoms with Crippen LogP contribution in [0, 0.1) is 11.3 Å². The van der Waals surface area contributed by atoms with E-state index in [0.29, 0.717) is 24.2 Å². The van der Waals surface area contributed by atoms with Gasteiger partial charge in [-0.15, -0.1) is 5.10 Å². The number of nitrogens with two attached hydrogens (primary N) is 1. The molecule has 0 aliphatic carbocycles. The van der Waals surface area contributed by atoms with Crippen LogP contribution in [0.4, 0.5) is 4.79 Å². The van der Waals surface area contributed by atoms with Crippen molar-refractivity contribution in [3.63, 3.8) is 0 Å². The summed E-state index contributed by atoms with van der Waals surface area (Å²) in [7, 11) is -3.54. The van der Waals surface area contributed by atoms with Crippen LogP contribution in [0.15, 0.2) is 23.7 Å². The molecule has 0 spiro atoms. The Labute approximate surface area is 237 Å². The first kappa shape index (κ1) is 33.1. The Morgan fingerprint density at radius 1 is 1.12 bits per heavy atom. The van der Waals surface area contributed by atoms with E-state index in [-0.39, 0.29) is 30.5 Å². The molecule has 2 atom stereocenters. The molecule has 0 aliphatic heterocycles. The molecular formula is C24H37N9O7S. The molecule has 6 N–H and O–H groups in total. The molecular weight excluding hydrogens is 558 g/mol. The van der Waals surface area contributed by atoms with Crippen molar-refractivity contribution in [2.45, 2.75) is 70.7 Å². The fourth-order valence-corrected chi connectivity index (χ4v) is 4.08. The van der Waals surface area contributed by atoms with Gasteiger partial charge in [-0.1, -0.05) is 32.9 Å². The zero-order valence-corrected chi connectivity index (χ0v) is 24.4. The number of aryl methyl sites for hydroxylation is 1. The highest BCUT2D eigenvalue weighted by Gasteiger charge is 2.34. The maximum atomic E-state index is 13.2. The lowest BCUT2D eigenvalue weighted by Crippen LogP contribution is -2.55. The maximum Gasteiger partial charge on any atom is 0.326 e. The lowest BCUT2D eigenvalue weighted by molar-refractivity contribution is -0.143. The summed E-state index contributed by atoms with van der Waals surface area (Å²) in [6, 6.07) is -2.93. The maximum absolute atomic E-state index is 13.2. The lowest BCUT2D eigenvalue weighted by atomic mass is 9.87. The lowest BCUT2D eigenvalue weighted by Gasteiger charge is -2.29. The van der Waals surface area contributed by atoms with Crippen LogP contribution in [0.3, 0.4) is 0 Å². The van der Waals surface area contributed by atoms with E-state index in [4.69, 9.17) is 5.73 Å². The van der Waals surface area contributed by atoms with E-state index < -0.39 is 51.2 Å². The number of carbonyl (C=O) groups excluding carboxylic acids is 3. The molecule has 0 saturated carbocycles. The monoisotopic (exact) mass is 595 g/mol. The molecule has 0 fully saturated rings. The van der Waals surface area contributed by atoms with E-state index in [1.807, 2.05) is 0 Å². The number of nitrogens with zero attached hydrogens (tertiary/aromatic N) is 5. The van der Waals surface area contributed by atoms with Crippen LogP contribution in [-0.4, -0.2) is 87.2 Å². The summed E-state index contributed by atoms with van der Waals surface area (Å²) in [6.07, 6.45) is 5.94. The first-order chi connectivity index (χ1) is 19.0. The number of aromatic nitrogens is 5. The van der Waals surface area contributed by atoms with Gasteiger partial charge >= 0.3 is 12.0 Å². The molecule has 0 unspecified atom stereocenters. The molecule has 0 saturated heterocycles. The van der Waals surface area contributed by atoms with Crippen molar-refractivity contribution < 1.29 is 32.7 Å². The number of amides is 4. The average molecular weight is 596 g/mol. The van der Waals surface area contributed by atoms with Crippen LogP contribution >= 0.6 is 0 Å².